The van der Waals surface area contributed by atoms with Crippen LogP contribution in [-0.4, -0.2) is 4.57 Å². The van der Waals surface area contributed by atoms with E-state index in [1.807, 2.05) is 41.0 Å². The van der Waals surface area contributed by atoms with Gasteiger partial charge in [0.05, 0.1) is 34.9 Å². The average Bonchev–Trinajstić information content (AvgIpc) is 3.30. The fourth-order valence-corrected chi connectivity index (χ4v) is 5.54. The van der Waals surface area contributed by atoms with Crippen molar-refractivity contribution in [3.8, 4) is 40.1 Å². The van der Waals surface area contributed by atoms with E-state index in [0.29, 0.717) is 33.6 Å². The Bertz CT molecular complexity index is 1910. The van der Waals surface area contributed by atoms with Gasteiger partial charge in [0.1, 0.15) is 6.07 Å². The number of aromatic nitrogens is 1. The zero-order valence-electron chi connectivity index (χ0n) is 21.5. The molecule has 0 saturated carbocycles. The van der Waals surface area contributed by atoms with E-state index in [-0.39, 0.29) is 0 Å². The van der Waals surface area contributed by atoms with Gasteiger partial charge in [0, 0.05) is 16.3 Å². The Balaban J connectivity index is 1.77. The summed E-state index contributed by atoms with van der Waals surface area (Å²) in [5, 5.41) is 22.2. The van der Waals surface area contributed by atoms with Crippen LogP contribution in [0.3, 0.4) is 0 Å². The zero-order chi connectivity index (χ0) is 27.1. The first-order chi connectivity index (χ1) is 19.1. The Morgan fingerprint density at radius 2 is 1.10 bits per heavy atom. The summed E-state index contributed by atoms with van der Waals surface area (Å²) in [6.07, 6.45) is 0. The molecule has 1 aromatic heterocycles. The number of nitriles is 2. The Hall–Kier alpha value is -5.63. The van der Waals surface area contributed by atoms with Gasteiger partial charge in [-0.1, -0.05) is 72.8 Å². The van der Waals surface area contributed by atoms with E-state index in [0.717, 1.165) is 44.1 Å². The summed E-state index contributed by atoms with van der Waals surface area (Å²) in [4.78, 5) is 3.86. The Morgan fingerprint density at radius 1 is 0.615 bits per heavy atom. The van der Waals surface area contributed by atoms with Gasteiger partial charge in [-0.05, 0) is 71.5 Å². The fraction of sp³-hybridized carbons (Fsp3) is 0.0571. The van der Waals surface area contributed by atoms with Gasteiger partial charge in [0.2, 0.25) is 5.69 Å². The first kappa shape index (κ1) is 23.7. The molecule has 0 spiro atoms. The van der Waals surface area contributed by atoms with Crippen molar-refractivity contribution in [3.05, 3.63) is 131 Å². The minimum Gasteiger partial charge on any atom is -0.318 e. The summed E-state index contributed by atoms with van der Waals surface area (Å²) in [6, 6.07) is 37.7. The van der Waals surface area contributed by atoms with Crippen molar-refractivity contribution in [2.45, 2.75) is 13.8 Å². The second-order valence-electron chi connectivity index (χ2n) is 9.56. The highest BCUT2D eigenvalue weighted by Gasteiger charge is 2.24. The van der Waals surface area contributed by atoms with Gasteiger partial charge in [-0.25, -0.2) is 4.85 Å². The molecule has 5 aromatic carbocycles. The van der Waals surface area contributed by atoms with Crippen molar-refractivity contribution in [1.82, 2.24) is 4.57 Å². The van der Waals surface area contributed by atoms with Crippen molar-refractivity contribution in [3.63, 3.8) is 0 Å². The molecule has 0 fully saturated rings. The number of hydrogen-bond acceptors (Lipinski definition) is 2. The first-order valence-electron chi connectivity index (χ1n) is 12.6. The normalized spacial score (nSPS) is 10.7. The molecule has 0 atom stereocenters. The van der Waals surface area contributed by atoms with Gasteiger partial charge in [-0.3, -0.25) is 0 Å². The van der Waals surface area contributed by atoms with E-state index < -0.39 is 0 Å². The van der Waals surface area contributed by atoms with E-state index in [2.05, 4.69) is 77.6 Å². The van der Waals surface area contributed by atoms with Gasteiger partial charge >= 0.3 is 0 Å². The zero-order valence-corrected chi connectivity index (χ0v) is 21.5. The second kappa shape index (κ2) is 9.35. The molecule has 0 N–H and O–H groups in total. The second-order valence-corrected chi connectivity index (χ2v) is 9.56. The first-order valence-corrected chi connectivity index (χ1v) is 12.6. The van der Waals surface area contributed by atoms with Gasteiger partial charge in [0.25, 0.3) is 0 Å². The maximum Gasteiger partial charge on any atom is 0.216 e. The molecule has 0 radical (unpaired) electrons. The van der Waals surface area contributed by atoms with E-state index in [1.54, 1.807) is 13.8 Å². The molecule has 0 aliphatic carbocycles. The lowest BCUT2D eigenvalue weighted by molar-refractivity contribution is 1.15. The predicted molar refractivity (Wildman–Crippen MR) is 157 cm³/mol. The van der Waals surface area contributed by atoms with Crippen LogP contribution >= 0.6 is 0 Å². The van der Waals surface area contributed by atoms with Crippen LogP contribution in [0.1, 0.15) is 22.3 Å². The highest BCUT2D eigenvalue weighted by Crippen LogP contribution is 2.43. The molecule has 39 heavy (non-hydrogen) atoms. The Labute approximate surface area is 227 Å². The molecular formula is C35H22N4. The van der Waals surface area contributed by atoms with Crippen LogP contribution < -0.4 is 0 Å². The number of rotatable bonds is 3. The third-order valence-electron chi connectivity index (χ3n) is 7.48. The molecule has 6 aromatic rings. The van der Waals surface area contributed by atoms with Crippen LogP contribution in [0.2, 0.25) is 0 Å². The SMILES string of the molecule is [C-]#[N+]c1c(C)c(C#N)c(C)c(C#N)c1-n1c2ccc(-c3ccccc3)cc2c2cc(-c3ccccc3)ccc21. The van der Waals surface area contributed by atoms with Gasteiger partial charge in [-0.2, -0.15) is 10.5 Å². The minimum absolute atomic E-state index is 0.326. The van der Waals surface area contributed by atoms with Crippen LogP contribution in [0, 0.1) is 43.1 Å². The van der Waals surface area contributed by atoms with Crippen molar-refractivity contribution in [2.75, 3.05) is 0 Å². The lowest BCUT2D eigenvalue weighted by atomic mass is 9.94. The lowest BCUT2D eigenvalue weighted by Gasteiger charge is -2.17. The quantitative estimate of drug-likeness (QED) is 0.229. The van der Waals surface area contributed by atoms with Gasteiger partial charge in [0.15, 0.2) is 0 Å². The number of fused-ring (bicyclic) bond motifs is 3. The van der Waals surface area contributed by atoms with Crippen LogP contribution in [0.15, 0.2) is 97.1 Å². The molecule has 182 valence electrons. The molecule has 0 aliphatic rings. The van der Waals surface area contributed by atoms with Crippen molar-refractivity contribution in [2.24, 2.45) is 0 Å². The minimum atomic E-state index is 0.326. The number of hydrogen-bond donors (Lipinski definition) is 0. The van der Waals surface area contributed by atoms with E-state index in [4.69, 9.17) is 6.57 Å². The highest BCUT2D eigenvalue weighted by molar-refractivity contribution is 6.12. The average molecular weight is 499 g/mol. The number of benzene rings is 5. The van der Waals surface area contributed by atoms with Crippen molar-refractivity contribution >= 4 is 27.5 Å². The van der Waals surface area contributed by atoms with Crippen LogP contribution in [0.25, 0.3) is 54.6 Å². The molecule has 1 heterocycles. The maximum atomic E-state index is 10.3. The lowest BCUT2D eigenvalue weighted by Crippen LogP contribution is -2.04. The summed E-state index contributed by atoms with van der Waals surface area (Å²) in [5.41, 5.74) is 8.99. The van der Waals surface area contributed by atoms with Gasteiger partial charge in [-0.15, -0.1) is 0 Å². The predicted octanol–water partition coefficient (Wildman–Crippen LogP) is 9.03. The molecule has 0 unspecified atom stereocenters. The maximum absolute atomic E-state index is 10.3. The summed E-state index contributed by atoms with van der Waals surface area (Å²) in [6.45, 7) is 11.6. The molecule has 0 aliphatic heterocycles. The fourth-order valence-electron chi connectivity index (χ4n) is 5.54. The summed E-state index contributed by atoms with van der Waals surface area (Å²) >= 11 is 0. The van der Waals surface area contributed by atoms with Crippen LogP contribution in [0.4, 0.5) is 5.69 Å². The third kappa shape index (κ3) is 3.66. The molecular weight excluding hydrogens is 476 g/mol. The summed E-state index contributed by atoms with van der Waals surface area (Å²) in [5.74, 6) is 0. The summed E-state index contributed by atoms with van der Waals surface area (Å²) in [7, 11) is 0. The molecule has 4 nitrogen and oxygen atoms in total. The molecule has 0 bridgehead atoms. The summed E-state index contributed by atoms with van der Waals surface area (Å²) < 4.78 is 2.03. The topological polar surface area (TPSA) is 56.9 Å². The van der Waals surface area contributed by atoms with Crippen molar-refractivity contribution < 1.29 is 0 Å². The van der Waals surface area contributed by atoms with Crippen LogP contribution in [0.5, 0.6) is 0 Å². The third-order valence-corrected chi connectivity index (χ3v) is 7.48. The highest BCUT2D eigenvalue weighted by atomic mass is 15.0. The Kier molecular flexibility index (Phi) is 5.69. The van der Waals surface area contributed by atoms with E-state index in [1.165, 1.54) is 0 Å². The van der Waals surface area contributed by atoms with E-state index in [9.17, 15) is 10.5 Å². The standard InChI is InChI=1S/C35H22N4/c1-22-30(20-36)23(2)34(38-3)35(31(22)21-37)39-32-16-14-26(24-10-6-4-7-11-24)18-28(32)29-19-27(15-17-33(29)39)25-12-8-5-9-13-25/h4-19H,1-2H3. The smallest absolute Gasteiger partial charge is 0.216 e. The molecule has 0 saturated heterocycles. The number of nitrogens with zero attached hydrogens (tertiary/aromatic N) is 4. The molecule has 4 heteroatoms. The van der Waals surface area contributed by atoms with Crippen LogP contribution in [-0.2, 0) is 0 Å². The molecule has 0 amide bonds. The van der Waals surface area contributed by atoms with Crippen molar-refractivity contribution in [1.29, 1.82) is 10.5 Å². The van der Waals surface area contributed by atoms with Gasteiger partial charge < -0.3 is 4.57 Å². The Morgan fingerprint density at radius 3 is 1.54 bits per heavy atom. The molecule has 6 rings (SSSR count). The largest absolute Gasteiger partial charge is 0.318 e. The monoisotopic (exact) mass is 498 g/mol. The van der Waals surface area contributed by atoms with E-state index >= 15 is 0 Å².